The Hall–Kier alpha value is -1.31. The van der Waals surface area contributed by atoms with Gasteiger partial charge in [0.25, 0.3) is 0 Å². The molecule has 1 aliphatic carbocycles. The molecule has 0 radical (unpaired) electrons. The van der Waals surface area contributed by atoms with E-state index in [-0.39, 0.29) is 5.91 Å². The lowest BCUT2D eigenvalue weighted by molar-refractivity contribution is -0.122. The summed E-state index contributed by atoms with van der Waals surface area (Å²) < 4.78 is 0. The molecule has 1 aromatic carbocycles. The Morgan fingerprint density at radius 3 is 2.60 bits per heavy atom. The van der Waals surface area contributed by atoms with Gasteiger partial charge in [-0.2, -0.15) is 0 Å². The third-order valence-electron chi connectivity index (χ3n) is 2.78. The normalized spacial score (nSPS) is 15.0. The summed E-state index contributed by atoms with van der Waals surface area (Å²) in [4.78, 5) is 11.3. The van der Waals surface area contributed by atoms with Gasteiger partial charge >= 0.3 is 0 Å². The predicted molar refractivity (Wildman–Crippen MR) is 60.6 cm³/mol. The molecule has 0 atom stereocenters. The van der Waals surface area contributed by atoms with E-state index >= 15 is 0 Å². The van der Waals surface area contributed by atoms with E-state index in [2.05, 4.69) is 36.5 Å². The van der Waals surface area contributed by atoms with Gasteiger partial charge in [0.15, 0.2) is 0 Å². The first-order chi connectivity index (χ1) is 7.25. The van der Waals surface area contributed by atoms with Gasteiger partial charge in [-0.1, -0.05) is 29.8 Å². The van der Waals surface area contributed by atoms with Crippen molar-refractivity contribution >= 4 is 5.91 Å². The van der Waals surface area contributed by atoms with Crippen LogP contribution in [0.25, 0.3) is 0 Å². The number of benzene rings is 1. The van der Waals surface area contributed by atoms with Crippen molar-refractivity contribution in [1.29, 1.82) is 0 Å². The highest BCUT2D eigenvalue weighted by Crippen LogP contribution is 2.28. The molecule has 2 heteroatoms. The van der Waals surface area contributed by atoms with Crippen molar-refractivity contribution in [3.63, 3.8) is 0 Å². The second kappa shape index (κ2) is 4.47. The molecular weight excluding hydrogens is 186 g/mol. The Labute approximate surface area is 90.7 Å². The molecule has 1 aliphatic rings. The monoisotopic (exact) mass is 203 g/mol. The van der Waals surface area contributed by atoms with Crippen molar-refractivity contribution in [2.45, 2.75) is 26.2 Å². The molecule has 2 rings (SSSR count). The lowest BCUT2D eigenvalue weighted by atomic mass is 10.1. The Kier molecular flexibility index (Phi) is 3.05. The smallest absolute Gasteiger partial charge is 0.223 e. The molecule has 80 valence electrons. The van der Waals surface area contributed by atoms with Crippen LogP contribution in [0.15, 0.2) is 24.3 Å². The fourth-order valence-electron chi connectivity index (χ4n) is 1.57. The van der Waals surface area contributed by atoms with Crippen molar-refractivity contribution < 1.29 is 4.79 Å². The van der Waals surface area contributed by atoms with Gasteiger partial charge in [-0.15, -0.1) is 0 Å². The summed E-state index contributed by atoms with van der Waals surface area (Å²) in [6.45, 7) is 2.84. The largest absolute Gasteiger partial charge is 0.356 e. The average Bonchev–Trinajstić information content (AvgIpc) is 3.04. The van der Waals surface area contributed by atoms with Gasteiger partial charge < -0.3 is 5.32 Å². The highest BCUT2D eigenvalue weighted by Gasteiger charge is 2.28. The van der Waals surface area contributed by atoms with Crippen molar-refractivity contribution in [1.82, 2.24) is 5.32 Å². The molecular formula is C13H17NO. The molecule has 1 aromatic rings. The molecule has 0 saturated heterocycles. The first kappa shape index (κ1) is 10.2. The Bertz CT molecular complexity index is 338. The number of nitrogens with one attached hydrogen (secondary N) is 1. The van der Waals surface area contributed by atoms with Gasteiger partial charge in [-0.05, 0) is 31.7 Å². The topological polar surface area (TPSA) is 29.1 Å². The average molecular weight is 203 g/mol. The zero-order valence-electron chi connectivity index (χ0n) is 9.12. The Balaban J connectivity index is 1.73. The van der Waals surface area contributed by atoms with E-state index in [1.54, 1.807) is 0 Å². The SMILES string of the molecule is Cc1ccc(CCNC(=O)C2CC2)cc1. The van der Waals surface area contributed by atoms with E-state index in [0.29, 0.717) is 5.92 Å². The third kappa shape index (κ3) is 3.08. The van der Waals surface area contributed by atoms with Gasteiger partial charge in [-0.25, -0.2) is 0 Å². The van der Waals surface area contributed by atoms with Gasteiger partial charge in [0.05, 0.1) is 0 Å². The van der Waals surface area contributed by atoms with Gasteiger partial charge in [0, 0.05) is 12.5 Å². The van der Waals surface area contributed by atoms with Crippen molar-refractivity contribution in [2.24, 2.45) is 5.92 Å². The quantitative estimate of drug-likeness (QED) is 0.797. The maximum atomic E-state index is 11.3. The van der Waals surface area contributed by atoms with Crippen LogP contribution in [-0.2, 0) is 11.2 Å². The Morgan fingerprint density at radius 2 is 2.00 bits per heavy atom. The molecule has 0 unspecified atom stereocenters. The zero-order chi connectivity index (χ0) is 10.7. The summed E-state index contributed by atoms with van der Waals surface area (Å²) >= 11 is 0. The molecule has 15 heavy (non-hydrogen) atoms. The van der Waals surface area contributed by atoms with Crippen LogP contribution in [0.4, 0.5) is 0 Å². The second-order valence-electron chi connectivity index (χ2n) is 4.30. The van der Waals surface area contributed by atoms with Crippen LogP contribution in [-0.4, -0.2) is 12.5 Å². The number of hydrogen-bond acceptors (Lipinski definition) is 1. The minimum absolute atomic E-state index is 0.238. The maximum absolute atomic E-state index is 11.3. The number of carbonyl (C=O) groups excluding carboxylic acids is 1. The van der Waals surface area contributed by atoms with Crippen LogP contribution in [0, 0.1) is 12.8 Å². The van der Waals surface area contributed by atoms with E-state index in [0.717, 1.165) is 25.8 Å². The van der Waals surface area contributed by atoms with E-state index in [1.807, 2.05) is 0 Å². The minimum atomic E-state index is 0.238. The number of hydrogen-bond donors (Lipinski definition) is 1. The molecule has 0 aromatic heterocycles. The van der Waals surface area contributed by atoms with Gasteiger partial charge in [-0.3, -0.25) is 4.79 Å². The summed E-state index contributed by atoms with van der Waals surface area (Å²) in [6.07, 6.45) is 3.09. The lowest BCUT2D eigenvalue weighted by Crippen LogP contribution is -2.26. The van der Waals surface area contributed by atoms with Crippen molar-refractivity contribution in [3.05, 3.63) is 35.4 Å². The summed E-state index contributed by atoms with van der Waals surface area (Å²) in [5.41, 5.74) is 2.57. The molecule has 1 fully saturated rings. The van der Waals surface area contributed by atoms with Crippen LogP contribution in [0.5, 0.6) is 0 Å². The molecule has 0 bridgehead atoms. The minimum Gasteiger partial charge on any atom is -0.356 e. The van der Waals surface area contributed by atoms with Crippen LogP contribution < -0.4 is 5.32 Å². The van der Waals surface area contributed by atoms with Gasteiger partial charge in [0.1, 0.15) is 0 Å². The standard InChI is InChI=1S/C13H17NO/c1-10-2-4-11(5-3-10)8-9-14-13(15)12-6-7-12/h2-5,12H,6-9H2,1H3,(H,14,15). The molecule has 0 spiro atoms. The van der Waals surface area contributed by atoms with Crippen LogP contribution in [0.3, 0.4) is 0 Å². The van der Waals surface area contributed by atoms with Crippen molar-refractivity contribution in [3.8, 4) is 0 Å². The van der Waals surface area contributed by atoms with E-state index in [9.17, 15) is 4.79 Å². The van der Waals surface area contributed by atoms with Gasteiger partial charge in [0.2, 0.25) is 5.91 Å². The van der Waals surface area contributed by atoms with Crippen LogP contribution >= 0.6 is 0 Å². The molecule has 0 heterocycles. The van der Waals surface area contributed by atoms with E-state index in [4.69, 9.17) is 0 Å². The summed E-state index contributed by atoms with van der Waals surface area (Å²) in [5.74, 6) is 0.560. The first-order valence-electron chi connectivity index (χ1n) is 5.59. The number of rotatable bonds is 4. The summed E-state index contributed by atoms with van der Waals surface area (Å²) in [6, 6.07) is 8.47. The fraction of sp³-hybridized carbons (Fsp3) is 0.462. The lowest BCUT2D eigenvalue weighted by Gasteiger charge is -2.04. The highest BCUT2D eigenvalue weighted by molar-refractivity contribution is 5.80. The number of amides is 1. The molecule has 0 aliphatic heterocycles. The third-order valence-corrected chi connectivity index (χ3v) is 2.78. The highest BCUT2D eigenvalue weighted by atomic mass is 16.2. The molecule has 1 N–H and O–H groups in total. The maximum Gasteiger partial charge on any atom is 0.223 e. The zero-order valence-corrected chi connectivity index (χ0v) is 9.12. The molecule has 1 saturated carbocycles. The summed E-state index contributed by atoms with van der Waals surface area (Å²) in [5, 5.41) is 2.97. The summed E-state index contributed by atoms with van der Waals surface area (Å²) in [7, 11) is 0. The van der Waals surface area contributed by atoms with E-state index in [1.165, 1.54) is 11.1 Å². The van der Waals surface area contributed by atoms with Crippen LogP contribution in [0.1, 0.15) is 24.0 Å². The molecule has 1 amide bonds. The second-order valence-corrected chi connectivity index (χ2v) is 4.30. The van der Waals surface area contributed by atoms with Crippen LogP contribution in [0.2, 0.25) is 0 Å². The first-order valence-corrected chi connectivity index (χ1v) is 5.59. The van der Waals surface area contributed by atoms with E-state index < -0.39 is 0 Å². The predicted octanol–water partition coefficient (Wildman–Crippen LogP) is 2.06. The molecule has 2 nitrogen and oxygen atoms in total. The van der Waals surface area contributed by atoms with Crippen molar-refractivity contribution in [2.75, 3.05) is 6.54 Å². The number of aryl methyl sites for hydroxylation is 1. The number of carbonyl (C=O) groups is 1. The Morgan fingerprint density at radius 1 is 1.33 bits per heavy atom. The fourth-order valence-corrected chi connectivity index (χ4v) is 1.57.